The second-order valence-electron chi connectivity index (χ2n) is 10.6. The van der Waals surface area contributed by atoms with Crippen LogP contribution < -0.4 is 14.4 Å². The summed E-state index contributed by atoms with van der Waals surface area (Å²) in [6.45, 7) is 18.2. The van der Waals surface area contributed by atoms with E-state index in [2.05, 4.69) is 56.6 Å². The van der Waals surface area contributed by atoms with Gasteiger partial charge in [0.2, 0.25) is 6.79 Å². The number of hydrogen-bond acceptors (Lipinski definition) is 4. The summed E-state index contributed by atoms with van der Waals surface area (Å²) in [4.78, 5) is 5.23. The lowest BCUT2D eigenvalue weighted by molar-refractivity contribution is 0.109. The molecule has 4 nitrogen and oxygen atoms in total. The molecule has 1 aromatic carbocycles. The quantitative estimate of drug-likeness (QED) is 0.657. The molecular formula is C25H40N2O2. The van der Waals surface area contributed by atoms with Crippen LogP contribution in [0.4, 0.5) is 5.69 Å². The highest BCUT2D eigenvalue weighted by Crippen LogP contribution is 2.54. The maximum atomic E-state index is 5.81. The van der Waals surface area contributed by atoms with Crippen LogP contribution in [0.5, 0.6) is 11.5 Å². The number of piperazine rings is 1. The summed E-state index contributed by atoms with van der Waals surface area (Å²) in [5.41, 5.74) is 3.50. The van der Waals surface area contributed by atoms with Crippen molar-refractivity contribution in [1.29, 1.82) is 0 Å². The maximum absolute atomic E-state index is 5.81. The van der Waals surface area contributed by atoms with Gasteiger partial charge in [-0.15, -0.1) is 0 Å². The topological polar surface area (TPSA) is 24.9 Å². The van der Waals surface area contributed by atoms with Crippen molar-refractivity contribution in [3.05, 3.63) is 17.7 Å². The zero-order valence-corrected chi connectivity index (χ0v) is 19.2. The zero-order chi connectivity index (χ0) is 20.6. The van der Waals surface area contributed by atoms with Gasteiger partial charge in [0.1, 0.15) is 0 Å². The molecule has 0 aromatic heterocycles. The molecule has 0 bridgehead atoms. The normalized spacial score (nSPS) is 29.3. The number of unbranched alkanes of at least 4 members (excludes halogenated alkanes) is 1. The molecule has 0 radical (unpaired) electrons. The fraction of sp³-hybridized carbons (Fsp3) is 0.760. The average molecular weight is 401 g/mol. The Kier molecular flexibility index (Phi) is 5.76. The molecule has 0 spiro atoms. The SMILES string of the molecule is CCCCN1CCN(c2cc3c(cc2C2(C)CCC(C)(C)CC2C)OCO3)CC1. The van der Waals surface area contributed by atoms with E-state index in [4.69, 9.17) is 9.47 Å². The molecule has 4 rings (SSSR count). The Balaban J connectivity index is 1.63. The van der Waals surface area contributed by atoms with Gasteiger partial charge in [-0.2, -0.15) is 0 Å². The standard InChI is InChI=1S/C25H40N2O2/c1-6-7-10-26-11-13-27(14-12-26)21-16-23-22(28-18-29-23)15-20(21)25(5)9-8-24(3,4)17-19(25)2/h15-16,19H,6-14,17-18H2,1-5H3. The van der Waals surface area contributed by atoms with Gasteiger partial charge in [-0.25, -0.2) is 0 Å². The van der Waals surface area contributed by atoms with Crippen LogP contribution in [0.15, 0.2) is 12.1 Å². The summed E-state index contributed by atoms with van der Waals surface area (Å²) in [6, 6.07) is 4.59. The van der Waals surface area contributed by atoms with Crippen molar-refractivity contribution in [3.63, 3.8) is 0 Å². The summed E-state index contributed by atoms with van der Waals surface area (Å²) in [5, 5.41) is 0. The molecular weight excluding hydrogens is 360 g/mol. The lowest BCUT2D eigenvalue weighted by atomic mass is 9.57. The number of hydrogen-bond donors (Lipinski definition) is 0. The number of benzene rings is 1. The minimum atomic E-state index is 0.186. The molecule has 2 unspecified atom stereocenters. The number of nitrogens with zero attached hydrogens (tertiary/aromatic N) is 2. The number of fused-ring (bicyclic) bond motifs is 1. The number of rotatable bonds is 5. The summed E-state index contributed by atoms with van der Waals surface area (Å²) >= 11 is 0. The highest BCUT2D eigenvalue weighted by Gasteiger charge is 2.44. The minimum Gasteiger partial charge on any atom is -0.454 e. The van der Waals surface area contributed by atoms with Crippen molar-refractivity contribution in [2.45, 2.75) is 72.1 Å². The second kappa shape index (κ2) is 8.02. The van der Waals surface area contributed by atoms with Gasteiger partial charge < -0.3 is 14.4 Å². The predicted octanol–water partition coefficient (Wildman–Crippen LogP) is 5.44. The first kappa shape index (κ1) is 20.8. The first-order valence-electron chi connectivity index (χ1n) is 11.7. The Morgan fingerprint density at radius 3 is 2.34 bits per heavy atom. The largest absolute Gasteiger partial charge is 0.454 e. The van der Waals surface area contributed by atoms with Gasteiger partial charge in [0, 0.05) is 37.9 Å². The molecule has 2 atom stereocenters. The lowest BCUT2D eigenvalue weighted by Gasteiger charge is -2.48. The fourth-order valence-corrected chi connectivity index (χ4v) is 5.65. The molecule has 2 fully saturated rings. The van der Waals surface area contributed by atoms with Crippen molar-refractivity contribution < 1.29 is 9.47 Å². The third kappa shape index (κ3) is 4.10. The van der Waals surface area contributed by atoms with Crippen LogP contribution in [0.3, 0.4) is 0 Å². The predicted molar refractivity (Wildman–Crippen MR) is 120 cm³/mol. The van der Waals surface area contributed by atoms with Crippen LogP contribution in [0.25, 0.3) is 0 Å². The first-order valence-corrected chi connectivity index (χ1v) is 11.7. The van der Waals surface area contributed by atoms with Crippen molar-refractivity contribution in [2.75, 3.05) is 44.4 Å². The van der Waals surface area contributed by atoms with Crippen LogP contribution in [-0.2, 0) is 5.41 Å². The molecule has 162 valence electrons. The fourth-order valence-electron chi connectivity index (χ4n) is 5.65. The van der Waals surface area contributed by atoms with E-state index in [-0.39, 0.29) is 5.41 Å². The van der Waals surface area contributed by atoms with Gasteiger partial charge in [-0.3, -0.25) is 4.90 Å². The van der Waals surface area contributed by atoms with Crippen molar-refractivity contribution >= 4 is 5.69 Å². The molecule has 0 amide bonds. The lowest BCUT2D eigenvalue weighted by Crippen LogP contribution is -2.48. The average Bonchev–Trinajstić information content (AvgIpc) is 3.16. The first-order chi connectivity index (χ1) is 13.8. The molecule has 1 saturated heterocycles. The van der Waals surface area contributed by atoms with Gasteiger partial charge in [0.25, 0.3) is 0 Å². The van der Waals surface area contributed by atoms with Crippen molar-refractivity contribution in [3.8, 4) is 11.5 Å². The van der Waals surface area contributed by atoms with Crippen LogP contribution in [-0.4, -0.2) is 44.4 Å². The second-order valence-corrected chi connectivity index (χ2v) is 10.6. The van der Waals surface area contributed by atoms with Gasteiger partial charge in [0.15, 0.2) is 11.5 Å². The van der Waals surface area contributed by atoms with Crippen LogP contribution in [0, 0.1) is 11.3 Å². The van der Waals surface area contributed by atoms with E-state index in [9.17, 15) is 0 Å². The van der Waals surface area contributed by atoms with Crippen molar-refractivity contribution in [2.24, 2.45) is 11.3 Å². The third-order valence-electron chi connectivity index (χ3n) is 7.91. The summed E-state index contributed by atoms with van der Waals surface area (Å²) in [5.74, 6) is 2.50. The number of ether oxygens (including phenoxy) is 2. The highest BCUT2D eigenvalue weighted by molar-refractivity contribution is 5.65. The molecule has 1 saturated carbocycles. The molecule has 1 aromatic rings. The van der Waals surface area contributed by atoms with Gasteiger partial charge in [-0.1, -0.05) is 41.0 Å². The van der Waals surface area contributed by atoms with Gasteiger partial charge in [0.05, 0.1) is 0 Å². The Morgan fingerprint density at radius 1 is 1.00 bits per heavy atom. The molecule has 29 heavy (non-hydrogen) atoms. The minimum absolute atomic E-state index is 0.186. The van der Waals surface area contributed by atoms with Crippen LogP contribution >= 0.6 is 0 Å². The van der Waals surface area contributed by atoms with E-state index in [1.807, 2.05) is 0 Å². The number of anilines is 1. The van der Waals surface area contributed by atoms with E-state index in [1.54, 1.807) is 0 Å². The van der Waals surface area contributed by atoms with Crippen LogP contribution in [0.1, 0.15) is 72.3 Å². The van der Waals surface area contributed by atoms with Crippen molar-refractivity contribution in [1.82, 2.24) is 4.90 Å². The molecule has 0 N–H and O–H groups in total. The van der Waals surface area contributed by atoms with E-state index >= 15 is 0 Å². The van der Waals surface area contributed by atoms with E-state index < -0.39 is 0 Å². The maximum Gasteiger partial charge on any atom is 0.231 e. The monoisotopic (exact) mass is 400 g/mol. The smallest absolute Gasteiger partial charge is 0.231 e. The summed E-state index contributed by atoms with van der Waals surface area (Å²) in [6.07, 6.45) is 6.39. The molecule has 2 heterocycles. The Bertz CT molecular complexity index is 724. The van der Waals surface area contributed by atoms with Gasteiger partial charge >= 0.3 is 0 Å². The van der Waals surface area contributed by atoms with E-state index in [0.717, 1.165) is 37.7 Å². The summed E-state index contributed by atoms with van der Waals surface area (Å²) < 4.78 is 11.6. The summed E-state index contributed by atoms with van der Waals surface area (Å²) in [7, 11) is 0. The molecule has 3 aliphatic rings. The Hall–Kier alpha value is -1.42. The van der Waals surface area contributed by atoms with E-state index in [0.29, 0.717) is 18.1 Å². The zero-order valence-electron chi connectivity index (χ0n) is 19.2. The van der Waals surface area contributed by atoms with E-state index in [1.165, 1.54) is 49.9 Å². The van der Waals surface area contributed by atoms with Crippen LogP contribution in [0.2, 0.25) is 0 Å². The Morgan fingerprint density at radius 2 is 1.69 bits per heavy atom. The molecule has 4 heteroatoms. The molecule has 2 aliphatic heterocycles. The highest BCUT2D eigenvalue weighted by atomic mass is 16.7. The molecule has 1 aliphatic carbocycles. The third-order valence-corrected chi connectivity index (χ3v) is 7.91. The Labute approximate surface area is 177 Å². The van der Waals surface area contributed by atoms with Gasteiger partial charge in [-0.05, 0) is 60.6 Å².